The van der Waals surface area contributed by atoms with Gasteiger partial charge in [-0.3, -0.25) is 4.99 Å². The summed E-state index contributed by atoms with van der Waals surface area (Å²) in [5.41, 5.74) is 9.97. The van der Waals surface area contributed by atoms with Gasteiger partial charge in [-0.25, -0.2) is 0 Å². The van der Waals surface area contributed by atoms with E-state index in [0.717, 1.165) is 30.6 Å². The molecule has 0 amide bonds. The van der Waals surface area contributed by atoms with Crippen LogP contribution in [0.3, 0.4) is 0 Å². The first kappa shape index (κ1) is 17.8. The maximum absolute atomic E-state index is 7.63. The van der Waals surface area contributed by atoms with Crippen molar-refractivity contribution in [2.24, 2.45) is 10.7 Å². The van der Waals surface area contributed by atoms with Crippen LogP contribution in [-0.2, 0) is 0 Å². The first-order valence-electron chi connectivity index (χ1n) is 7.59. The quantitative estimate of drug-likeness (QED) is 0.355. The highest BCUT2D eigenvalue weighted by Crippen LogP contribution is 2.17. The van der Waals surface area contributed by atoms with E-state index in [4.69, 9.17) is 11.1 Å². The second kappa shape index (κ2) is 8.87. The number of benzene rings is 1. The summed E-state index contributed by atoms with van der Waals surface area (Å²) in [6.07, 6.45) is 3.38. The summed E-state index contributed by atoms with van der Waals surface area (Å²) >= 11 is 0. The van der Waals surface area contributed by atoms with Gasteiger partial charge in [0.15, 0.2) is 0 Å². The number of unbranched alkanes of at least 4 members (excludes halogenated alkanes) is 1. The fourth-order valence-corrected chi connectivity index (χ4v) is 2.12. The van der Waals surface area contributed by atoms with Crippen LogP contribution in [0.1, 0.15) is 30.9 Å². The van der Waals surface area contributed by atoms with Gasteiger partial charge in [0.1, 0.15) is 11.7 Å². The maximum atomic E-state index is 7.63. The zero-order valence-electron chi connectivity index (χ0n) is 14.0. The number of hydrogen-bond donors (Lipinski definition) is 4. The third-order valence-corrected chi connectivity index (χ3v) is 3.39. The molecule has 0 radical (unpaired) electrons. The van der Waals surface area contributed by atoms with Crippen molar-refractivity contribution in [1.29, 1.82) is 5.41 Å². The van der Waals surface area contributed by atoms with Crippen LogP contribution in [0, 0.1) is 19.3 Å². The lowest BCUT2D eigenvalue weighted by molar-refractivity contribution is 0.754. The van der Waals surface area contributed by atoms with E-state index in [2.05, 4.69) is 35.5 Å². The van der Waals surface area contributed by atoms with E-state index in [-0.39, 0.29) is 0 Å². The zero-order valence-corrected chi connectivity index (χ0v) is 14.0. The summed E-state index contributed by atoms with van der Waals surface area (Å²) in [5.74, 6) is 1.06. The van der Waals surface area contributed by atoms with E-state index >= 15 is 0 Å². The molecule has 0 spiro atoms. The van der Waals surface area contributed by atoms with Gasteiger partial charge in [-0.05, 0) is 31.9 Å². The van der Waals surface area contributed by atoms with Crippen molar-refractivity contribution in [3.05, 3.63) is 40.7 Å². The van der Waals surface area contributed by atoms with Gasteiger partial charge in [0.2, 0.25) is 0 Å². The van der Waals surface area contributed by atoms with Gasteiger partial charge in [0.05, 0.1) is 5.57 Å². The maximum Gasteiger partial charge on any atom is 0.133 e. The molecule has 22 heavy (non-hydrogen) atoms. The Balaban J connectivity index is 2.97. The summed E-state index contributed by atoms with van der Waals surface area (Å²) in [7, 11) is 1.70. The molecular formula is C17H27N5. The van der Waals surface area contributed by atoms with Gasteiger partial charge in [-0.1, -0.05) is 31.0 Å². The van der Waals surface area contributed by atoms with Gasteiger partial charge in [-0.15, -0.1) is 0 Å². The monoisotopic (exact) mass is 301 g/mol. The minimum absolute atomic E-state index is 0.423. The number of aryl methyl sites for hydroxylation is 2. The molecule has 5 nitrogen and oxygen atoms in total. The average molecular weight is 301 g/mol. The van der Waals surface area contributed by atoms with Crippen LogP contribution in [0.25, 0.3) is 0 Å². The lowest BCUT2D eigenvalue weighted by Gasteiger charge is -2.15. The Morgan fingerprint density at radius 1 is 1.36 bits per heavy atom. The molecule has 0 atom stereocenters. The normalized spacial score (nSPS) is 12.6. The standard InChI is InChI=1S/C17H27N5/c1-5-6-9-21-17(20-4)14(11-18)16(19)22-15-8-7-12(2)10-13(15)3/h7-8,10-11,18,22H,5-6,9,19H2,1-4H3,(H,20,21)/b16-14+,18-11?. The van der Waals surface area contributed by atoms with E-state index in [1.165, 1.54) is 11.8 Å². The predicted octanol–water partition coefficient (Wildman–Crippen LogP) is 2.95. The van der Waals surface area contributed by atoms with Gasteiger partial charge >= 0.3 is 0 Å². The summed E-state index contributed by atoms with van der Waals surface area (Å²) < 4.78 is 0. The van der Waals surface area contributed by atoms with Crippen LogP contribution >= 0.6 is 0 Å². The molecule has 0 heterocycles. The van der Waals surface area contributed by atoms with Gasteiger partial charge < -0.3 is 21.8 Å². The van der Waals surface area contributed by atoms with Gasteiger partial charge in [0.25, 0.3) is 0 Å². The molecule has 0 saturated heterocycles. The lowest BCUT2D eigenvalue weighted by atomic mass is 10.1. The molecule has 0 aromatic heterocycles. The van der Waals surface area contributed by atoms with Crippen LogP contribution < -0.4 is 16.4 Å². The SMILES string of the molecule is CCCCNC(=N/C)/C(C=N)=C(\N)Nc1ccc(C)cc1C. The molecule has 1 rings (SSSR count). The molecular weight excluding hydrogens is 274 g/mol. The fraction of sp³-hybridized carbons (Fsp3) is 0.412. The van der Waals surface area contributed by atoms with Crippen LogP contribution in [0.5, 0.6) is 0 Å². The Bertz CT molecular complexity index is 572. The molecule has 0 fully saturated rings. The molecule has 5 heteroatoms. The average Bonchev–Trinajstić information content (AvgIpc) is 2.49. The largest absolute Gasteiger partial charge is 0.385 e. The van der Waals surface area contributed by atoms with E-state index in [0.29, 0.717) is 17.2 Å². The Labute approximate surface area is 133 Å². The molecule has 1 aromatic rings. The van der Waals surface area contributed by atoms with E-state index in [9.17, 15) is 0 Å². The second-order valence-electron chi connectivity index (χ2n) is 5.27. The van der Waals surface area contributed by atoms with Crippen molar-refractivity contribution >= 4 is 17.7 Å². The third-order valence-electron chi connectivity index (χ3n) is 3.39. The minimum Gasteiger partial charge on any atom is -0.385 e. The van der Waals surface area contributed by atoms with Crippen molar-refractivity contribution in [2.45, 2.75) is 33.6 Å². The van der Waals surface area contributed by atoms with Crippen molar-refractivity contribution in [3.8, 4) is 0 Å². The predicted molar refractivity (Wildman–Crippen MR) is 95.8 cm³/mol. The highest BCUT2D eigenvalue weighted by molar-refractivity contribution is 6.15. The highest BCUT2D eigenvalue weighted by atomic mass is 15.0. The first-order chi connectivity index (χ1) is 10.5. The minimum atomic E-state index is 0.423. The van der Waals surface area contributed by atoms with E-state index in [1.54, 1.807) is 7.05 Å². The molecule has 0 bridgehead atoms. The van der Waals surface area contributed by atoms with Crippen LogP contribution in [0.2, 0.25) is 0 Å². The molecule has 0 saturated carbocycles. The Hall–Kier alpha value is -2.30. The smallest absolute Gasteiger partial charge is 0.133 e. The number of nitrogens with two attached hydrogens (primary N) is 1. The second-order valence-corrected chi connectivity index (χ2v) is 5.27. The molecule has 0 unspecified atom stereocenters. The van der Waals surface area contributed by atoms with Crippen LogP contribution in [0.15, 0.2) is 34.6 Å². The molecule has 0 aliphatic rings. The summed E-state index contributed by atoms with van der Waals surface area (Å²) in [4.78, 5) is 4.21. The zero-order chi connectivity index (χ0) is 16.5. The molecule has 120 valence electrons. The Morgan fingerprint density at radius 3 is 2.64 bits per heavy atom. The number of aliphatic imine (C=N–C) groups is 1. The van der Waals surface area contributed by atoms with Crippen molar-refractivity contribution in [3.63, 3.8) is 0 Å². The summed E-state index contributed by atoms with van der Waals surface area (Å²) in [5, 5.41) is 14.0. The fourth-order valence-electron chi connectivity index (χ4n) is 2.12. The van der Waals surface area contributed by atoms with Gasteiger partial charge in [0, 0.05) is 25.5 Å². The number of anilines is 1. The number of amidine groups is 1. The molecule has 0 aliphatic carbocycles. The topological polar surface area (TPSA) is 86.3 Å². The van der Waals surface area contributed by atoms with E-state index in [1.807, 2.05) is 19.1 Å². The Kier molecular flexibility index (Phi) is 7.16. The highest BCUT2D eigenvalue weighted by Gasteiger charge is 2.10. The number of hydrogen-bond acceptors (Lipinski definition) is 4. The van der Waals surface area contributed by atoms with Crippen LogP contribution in [0.4, 0.5) is 5.69 Å². The molecule has 0 aliphatic heterocycles. The molecule has 5 N–H and O–H groups in total. The molecule has 1 aromatic carbocycles. The van der Waals surface area contributed by atoms with Crippen molar-refractivity contribution in [2.75, 3.05) is 18.9 Å². The number of rotatable bonds is 7. The van der Waals surface area contributed by atoms with E-state index < -0.39 is 0 Å². The van der Waals surface area contributed by atoms with Gasteiger partial charge in [-0.2, -0.15) is 0 Å². The first-order valence-corrected chi connectivity index (χ1v) is 7.59. The number of nitrogens with zero attached hydrogens (tertiary/aromatic N) is 1. The van der Waals surface area contributed by atoms with Crippen LogP contribution in [-0.4, -0.2) is 25.6 Å². The lowest BCUT2D eigenvalue weighted by Crippen LogP contribution is -2.30. The summed E-state index contributed by atoms with van der Waals surface area (Å²) in [6.45, 7) is 7.03. The Morgan fingerprint density at radius 2 is 2.09 bits per heavy atom. The van der Waals surface area contributed by atoms with Crippen molar-refractivity contribution < 1.29 is 0 Å². The summed E-state index contributed by atoms with van der Waals surface area (Å²) in [6, 6.07) is 6.11. The third kappa shape index (κ3) is 4.91. The number of nitrogens with one attached hydrogen (secondary N) is 3. The van der Waals surface area contributed by atoms with Crippen molar-refractivity contribution in [1.82, 2.24) is 5.32 Å².